The minimum absolute atomic E-state index is 0.0463. The van der Waals surface area contributed by atoms with Gasteiger partial charge in [-0.25, -0.2) is 0 Å². The standard InChI is InChI=1S/C25H20N2O4S/c1-16(18-7-3-2-4-8-18)15-17-11-13-19(14-12-17)22-23(27-26)24(28)20-9-5-6-10-21(20)25(22)32(29,30)31/h2-14,16H,15H2,1H3,(H-,28,29,30,31). The van der Waals surface area contributed by atoms with Gasteiger partial charge in [0.15, 0.2) is 4.98 Å². The molecule has 0 aliphatic heterocycles. The summed E-state index contributed by atoms with van der Waals surface area (Å²) >= 11 is 0. The highest BCUT2D eigenvalue weighted by atomic mass is 32.2. The van der Waals surface area contributed by atoms with Crippen molar-refractivity contribution in [2.45, 2.75) is 24.2 Å². The van der Waals surface area contributed by atoms with Gasteiger partial charge in [0.2, 0.25) is 5.39 Å². The third-order valence-electron chi connectivity index (χ3n) is 5.61. The fourth-order valence-electron chi connectivity index (χ4n) is 4.05. The largest absolute Gasteiger partial charge is 0.867 e. The van der Waals surface area contributed by atoms with Crippen molar-refractivity contribution in [1.29, 1.82) is 5.39 Å². The monoisotopic (exact) mass is 444 g/mol. The van der Waals surface area contributed by atoms with Gasteiger partial charge in [-0.2, -0.15) is 8.42 Å². The summed E-state index contributed by atoms with van der Waals surface area (Å²) in [5.41, 5.74) is 2.02. The Bertz CT molecular complexity index is 1440. The van der Waals surface area contributed by atoms with E-state index in [-0.39, 0.29) is 22.3 Å². The van der Waals surface area contributed by atoms with Crippen molar-refractivity contribution in [1.82, 2.24) is 0 Å². The van der Waals surface area contributed by atoms with E-state index in [0.717, 1.165) is 12.0 Å². The number of nitrogens with zero attached hydrogens (tertiary/aromatic N) is 2. The highest BCUT2D eigenvalue weighted by Crippen LogP contribution is 2.47. The zero-order chi connectivity index (χ0) is 22.9. The Morgan fingerprint density at radius 1 is 0.938 bits per heavy atom. The maximum absolute atomic E-state index is 12.9. The molecule has 4 aromatic carbocycles. The number of hydrogen-bond acceptors (Lipinski definition) is 4. The molecular weight excluding hydrogens is 424 g/mol. The van der Waals surface area contributed by atoms with Crippen LogP contribution in [0.4, 0.5) is 5.69 Å². The molecule has 7 heteroatoms. The minimum atomic E-state index is -4.73. The highest BCUT2D eigenvalue weighted by Gasteiger charge is 2.31. The van der Waals surface area contributed by atoms with Crippen LogP contribution < -0.4 is 5.11 Å². The smallest absolute Gasteiger partial charge is 0.387 e. The van der Waals surface area contributed by atoms with Gasteiger partial charge in [-0.05, 0) is 40.2 Å². The van der Waals surface area contributed by atoms with Crippen LogP contribution in [0.15, 0.2) is 83.8 Å². The molecule has 0 radical (unpaired) electrons. The summed E-state index contributed by atoms with van der Waals surface area (Å²) in [5.74, 6) is -0.348. The maximum atomic E-state index is 12.9. The molecule has 1 N–H and O–H groups in total. The lowest BCUT2D eigenvalue weighted by Crippen LogP contribution is -2.05. The van der Waals surface area contributed by atoms with E-state index in [2.05, 4.69) is 24.0 Å². The van der Waals surface area contributed by atoms with Gasteiger partial charge in [0, 0.05) is 5.39 Å². The lowest BCUT2D eigenvalue weighted by Gasteiger charge is -2.16. The normalized spacial score (nSPS) is 12.4. The van der Waals surface area contributed by atoms with Crippen molar-refractivity contribution in [3.05, 3.63) is 95.0 Å². The van der Waals surface area contributed by atoms with Crippen LogP contribution in [0.3, 0.4) is 0 Å². The van der Waals surface area contributed by atoms with E-state index in [1.54, 1.807) is 24.3 Å². The molecule has 0 fully saturated rings. The molecule has 0 heterocycles. The van der Waals surface area contributed by atoms with Crippen LogP contribution >= 0.6 is 0 Å². The number of benzene rings is 4. The molecule has 0 aromatic heterocycles. The second kappa shape index (κ2) is 8.42. The SMILES string of the molecule is CC(Cc1ccc(-c2c([N+]#N)c([O-])c3ccccc3c2S(=O)(=O)O)cc1)c1ccccc1. The lowest BCUT2D eigenvalue weighted by molar-refractivity contribution is -0.264. The van der Waals surface area contributed by atoms with Crippen molar-refractivity contribution in [3.8, 4) is 16.9 Å². The maximum Gasteiger partial charge on any atom is 0.387 e. The van der Waals surface area contributed by atoms with E-state index in [1.807, 2.05) is 30.3 Å². The summed E-state index contributed by atoms with van der Waals surface area (Å²) in [4.78, 5) is 2.64. The molecule has 1 unspecified atom stereocenters. The van der Waals surface area contributed by atoms with E-state index >= 15 is 0 Å². The fourth-order valence-corrected chi connectivity index (χ4v) is 4.98. The Kier molecular flexibility index (Phi) is 5.66. The molecule has 0 spiro atoms. The van der Waals surface area contributed by atoms with E-state index in [0.29, 0.717) is 5.56 Å². The van der Waals surface area contributed by atoms with Gasteiger partial charge < -0.3 is 5.11 Å². The molecule has 4 aromatic rings. The van der Waals surface area contributed by atoms with E-state index in [4.69, 9.17) is 0 Å². The van der Waals surface area contributed by atoms with Gasteiger partial charge in [-0.3, -0.25) is 4.55 Å². The fraction of sp³-hybridized carbons (Fsp3) is 0.120. The second-order valence-electron chi connectivity index (χ2n) is 7.72. The van der Waals surface area contributed by atoms with Crippen molar-refractivity contribution >= 4 is 26.6 Å². The summed E-state index contributed by atoms with van der Waals surface area (Å²) in [7, 11) is -4.73. The average molecular weight is 445 g/mol. The van der Waals surface area contributed by atoms with Gasteiger partial charge in [-0.1, -0.05) is 85.8 Å². The Hall–Kier alpha value is -3.73. The van der Waals surface area contributed by atoms with E-state index in [9.17, 15) is 23.5 Å². The zero-order valence-corrected chi connectivity index (χ0v) is 18.1. The molecule has 1 atom stereocenters. The lowest BCUT2D eigenvalue weighted by atomic mass is 9.92. The molecule has 4 rings (SSSR count). The van der Waals surface area contributed by atoms with Gasteiger partial charge in [-0.15, -0.1) is 0 Å². The first-order valence-electron chi connectivity index (χ1n) is 10.0. The predicted molar refractivity (Wildman–Crippen MR) is 122 cm³/mol. The quantitative estimate of drug-likeness (QED) is 0.316. The molecule has 0 saturated heterocycles. The first kappa shape index (κ1) is 21.5. The number of hydrogen-bond donors (Lipinski definition) is 1. The van der Waals surface area contributed by atoms with E-state index < -0.39 is 26.5 Å². The topological polar surface area (TPSA) is 106 Å². The van der Waals surface area contributed by atoms with Crippen molar-refractivity contribution in [3.63, 3.8) is 0 Å². The molecule has 6 nitrogen and oxygen atoms in total. The van der Waals surface area contributed by atoms with Crippen LogP contribution in [0.1, 0.15) is 24.0 Å². The first-order chi connectivity index (χ1) is 15.3. The minimum Gasteiger partial charge on any atom is -0.867 e. The highest BCUT2D eigenvalue weighted by molar-refractivity contribution is 7.86. The van der Waals surface area contributed by atoms with Crippen LogP contribution in [0.5, 0.6) is 5.75 Å². The molecule has 0 bridgehead atoms. The van der Waals surface area contributed by atoms with Crippen molar-refractivity contribution < 1.29 is 18.1 Å². The van der Waals surface area contributed by atoms with Crippen LogP contribution in [0.2, 0.25) is 0 Å². The summed E-state index contributed by atoms with van der Waals surface area (Å²) < 4.78 is 34.6. The Balaban J connectivity index is 1.84. The molecule has 0 aliphatic rings. The van der Waals surface area contributed by atoms with Crippen molar-refractivity contribution in [2.75, 3.05) is 0 Å². The summed E-state index contributed by atoms with van der Waals surface area (Å²) in [6.07, 6.45) is 0.761. The number of rotatable bonds is 5. The Labute approximate surface area is 186 Å². The molecule has 0 amide bonds. The van der Waals surface area contributed by atoms with Crippen LogP contribution in [0, 0.1) is 5.39 Å². The predicted octanol–water partition coefficient (Wildman–Crippen LogP) is 5.66. The Morgan fingerprint density at radius 2 is 1.53 bits per heavy atom. The van der Waals surface area contributed by atoms with Crippen LogP contribution in [-0.4, -0.2) is 13.0 Å². The molecule has 160 valence electrons. The second-order valence-corrected chi connectivity index (χ2v) is 9.07. The molecule has 32 heavy (non-hydrogen) atoms. The van der Waals surface area contributed by atoms with Gasteiger partial charge in [0.1, 0.15) is 4.90 Å². The zero-order valence-electron chi connectivity index (χ0n) is 17.3. The van der Waals surface area contributed by atoms with Gasteiger partial charge >= 0.3 is 5.69 Å². The average Bonchev–Trinajstić information content (AvgIpc) is 2.79. The van der Waals surface area contributed by atoms with Crippen LogP contribution in [0.25, 0.3) is 26.9 Å². The third-order valence-corrected chi connectivity index (χ3v) is 6.55. The number of fused-ring (bicyclic) bond motifs is 1. The summed E-state index contributed by atoms with van der Waals surface area (Å²) in [5, 5.41) is 22.5. The van der Waals surface area contributed by atoms with Crippen LogP contribution in [-0.2, 0) is 16.5 Å². The molecule has 0 saturated carbocycles. The first-order valence-corrected chi connectivity index (χ1v) is 11.5. The number of diazo groups is 1. The van der Waals surface area contributed by atoms with Gasteiger partial charge in [0.05, 0.1) is 5.56 Å². The summed E-state index contributed by atoms with van der Waals surface area (Å²) in [6.45, 7) is 2.12. The van der Waals surface area contributed by atoms with Gasteiger partial charge in [0.25, 0.3) is 10.1 Å². The van der Waals surface area contributed by atoms with E-state index in [1.165, 1.54) is 17.7 Å². The molecule has 0 aliphatic carbocycles. The van der Waals surface area contributed by atoms with Crippen molar-refractivity contribution in [2.24, 2.45) is 0 Å². The Morgan fingerprint density at radius 3 is 2.12 bits per heavy atom. The molecular formula is C25H20N2O4S. The summed E-state index contributed by atoms with van der Waals surface area (Å²) in [6, 6.07) is 23.1. The third kappa shape index (κ3) is 3.94.